The maximum Gasteiger partial charge on any atom is 0.389 e. The Balaban J connectivity index is 1.86. The molecule has 0 bridgehead atoms. The van der Waals surface area contributed by atoms with E-state index in [4.69, 9.17) is 5.11 Å². The van der Waals surface area contributed by atoms with E-state index < -0.39 is 12.6 Å². The number of alkyl halides is 3. The summed E-state index contributed by atoms with van der Waals surface area (Å²) in [6, 6.07) is 15.1. The summed E-state index contributed by atoms with van der Waals surface area (Å²) < 4.78 is 36.2. The fourth-order valence-electron chi connectivity index (χ4n) is 2.22. The number of aliphatic hydroxyl groups is 1. The van der Waals surface area contributed by atoms with E-state index >= 15 is 0 Å². The van der Waals surface area contributed by atoms with Gasteiger partial charge < -0.3 is 10.4 Å². The summed E-state index contributed by atoms with van der Waals surface area (Å²) in [6.45, 7) is 0.305. The van der Waals surface area contributed by atoms with Crippen LogP contribution in [0.4, 0.5) is 18.9 Å². The molecule has 24 heavy (non-hydrogen) atoms. The van der Waals surface area contributed by atoms with Crippen molar-refractivity contribution >= 4 is 17.8 Å². The monoisotopic (exact) mass is 335 g/mol. The highest BCUT2D eigenvalue weighted by molar-refractivity contribution is 5.70. The molecule has 0 saturated heterocycles. The summed E-state index contributed by atoms with van der Waals surface area (Å²) in [5.41, 5.74) is 3.65. The predicted octanol–water partition coefficient (Wildman–Crippen LogP) is 5.10. The Kier molecular flexibility index (Phi) is 6.44. The number of hydrogen-bond donors (Lipinski definition) is 2. The summed E-state index contributed by atoms with van der Waals surface area (Å²) in [7, 11) is 0. The molecule has 2 N–H and O–H groups in total. The van der Waals surface area contributed by atoms with Crippen LogP contribution in [0.3, 0.4) is 0 Å². The van der Waals surface area contributed by atoms with Crippen molar-refractivity contribution in [2.75, 3.05) is 11.9 Å². The van der Waals surface area contributed by atoms with Crippen molar-refractivity contribution in [3.05, 3.63) is 65.2 Å². The SMILES string of the molecule is OCc1cccc(C=Cc2ccc(NCCCC(F)(F)F)cc2)c1. The smallest absolute Gasteiger partial charge is 0.389 e. The molecule has 2 aromatic rings. The first-order valence-corrected chi connectivity index (χ1v) is 7.75. The van der Waals surface area contributed by atoms with Crippen molar-refractivity contribution in [2.24, 2.45) is 0 Å². The van der Waals surface area contributed by atoms with Gasteiger partial charge in [-0.05, 0) is 41.3 Å². The van der Waals surface area contributed by atoms with Crippen LogP contribution in [0.2, 0.25) is 0 Å². The molecule has 0 aliphatic carbocycles. The van der Waals surface area contributed by atoms with E-state index in [0.717, 1.165) is 22.4 Å². The Morgan fingerprint density at radius 2 is 1.67 bits per heavy atom. The minimum atomic E-state index is -4.09. The van der Waals surface area contributed by atoms with E-state index in [1.54, 1.807) is 0 Å². The van der Waals surface area contributed by atoms with Gasteiger partial charge in [0.1, 0.15) is 0 Å². The topological polar surface area (TPSA) is 32.3 Å². The summed E-state index contributed by atoms with van der Waals surface area (Å²) in [5.74, 6) is 0. The van der Waals surface area contributed by atoms with Gasteiger partial charge in [-0.15, -0.1) is 0 Å². The van der Waals surface area contributed by atoms with Gasteiger partial charge in [-0.3, -0.25) is 0 Å². The third-order valence-corrected chi connectivity index (χ3v) is 3.48. The van der Waals surface area contributed by atoms with Gasteiger partial charge in [0.15, 0.2) is 0 Å². The van der Waals surface area contributed by atoms with Gasteiger partial charge >= 0.3 is 6.18 Å². The minimum absolute atomic E-state index is 0.0103. The van der Waals surface area contributed by atoms with Gasteiger partial charge in [0.2, 0.25) is 0 Å². The second-order valence-corrected chi connectivity index (χ2v) is 5.50. The van der Waals surface area contributed by atoms with Crippen molar-refractivity contribution in [3.8, 4) is 0 Å². The van der Waals surface area contributed by atoms with E-state index in [-0.39, 0.29) is 13.0 Å². The Bertz CT molecular complexity index is 663. The molecular formula is C19H20F3NO. The number of hydrogen-bond acceptors (Lipinski definition) is 2. The van der Waals surface area contributed by atoms with Crippen molar-refractivity contribution in [3.63, 3.8) is 0 Å². The third-order valence-electron chi connectivity index (χ3n) is 3.48. The lowest BCUT2D eigenvalue weighted by atomic mass is 10.1. The first-order valence-electron chi connectivity index (χ1n) is 7.75. The number of halogens is 3. The Hall–Kier alpha value is -2.27. The number of benzene rings is 2. The number of anilines is 1. The molecular weight excluding hydrogens is 315 g/mol. The standard InChI is InChI=1S/C19H20F3NO/c20-19(21,22)11-2-12-23-18-9-7-15(8-10-18)5-6-16-3-1-4-17(13-16)14-24/h1,3-10,13,23-24H,2,11-12,14H2. The first kappa shape index (κ1) is 18.1. The lowest BCUT2D eigenvalue weighted by molar-refractivity contribution is -0.134. The van der Waals surface area contributed by atoms with Crippen molar-refractivity contribution in [1.29, 1.82) is 0 Å². The average molecular weight is 335 g/mol. The minimum Gasteiger partial charge on any atom is -0.392 e. The highest BCUT2D eigenvalue weighted by Crippen LogP contribution is 2.21. The van der Waals surface area contributed by atoms with Crippen LogP contribution >= 0.6 is 0 Å². The molecule has 0 aromatic heterocycles. The molecule has 0 aliphatic heterocycles. The van der Waals surface area contributed by atoms with Crippen LogP contribution in [0.15, 0.2) is 48.5 Å². The molecule has 0 radical (unpaired) electrons. The normalized spacial score (nSPS) is 11.8. The fourth-order valence-corrected chi connectivity index (χ4v) is 2.22. The molecule has 0 aliphatic rings. The van der Waals surface area contributed by atoms with E-state index in [1.807, 2.05) is 60.7 Å². The highest BCUT2D eigenvalue weighted by atomic mass is 19.4. The molecule has 0 saturated carbocycles. The lowest BCUT2D eigenvalue weighted by Gasteiger charge is -2.08. The van der Waals surface area contributed by atoms with Gasteiger partial charge in [0.05, 0.1) is 6.61 Å². The van der Waals surface area contributed by atoms with E-state index in [2.05, 4.69) is 5.32 Å². The molecule has 2 rings (SSSR count). The van der Waals surface area contributed by atoms with Crippen LogP contribution in [0.5, 0.6) is 0 Å². The van der Waals surface area contributed by atoms with Crippen LogP contribution in [0, 0.1) is 0 Å². The summed E-state index contributed by atoms with van der Waals surface area (Å²) in [4.78, 5) is 0. The maximum atomic E-state index is 12.1. The summed E-state index contributed by atoms with van der Waals surface area (Å²) >= 11 is 0. The Morgan fingerprint density at radius 1 is 0.958 bits per heavy atom. The molecule has 0 heterocycles. The largest absolute Gasteiger partial charge is 0.392 e. The van der Waals surface area contributed by atoms with Crippen LogP contribution in [0.25, 0.3) is 12.2 Å². The predicted molar refractivity (Wildman–Crippen MR) is 91.5 cm³/mol. The molecule has 5 heteroatoms. The van der Waals surface area contributed by atoms with Crippen LogP contribution in [0.1, 0.15) is 29.5 Å². The number of aliphatic hydroxyl groups excluding tert-OH is 1. The quantitative estimate of drug-likeness (QED) is 0.545. The van der Waals surface area contributed by atoms with Crippen LogP contribution in [-0.2, 0) is 6.61 Å². The zero-order valence-electron chi connectivity index (χ0n) is 13.2. The van der Waals surface area contributed by atoms with Gasteiger partial charge in [-0.25, -0.2) is 0 Å². The Labute approximate surface area is 139 Å². The zero-order chi connectivity index (χ0) is 17.4. The molecule has 0 amide bonds. The zero-order valence-corrected chi connectivity index (χ0v) is 13.2. The average Bonchev–Trinajstić information content (AvgIpc) is 2.57. The molecule has 2 nitrogen and oxygen atoms in total. The lowest BCUT2D eigenvalue weighted by Crippen LogP contribution is -2.10. The van der Waals surface area contributed by atoms with Crippen molar-refractivity contribution in [1.82, 2.24) is 0 Å². The first-order chi connectivity index (χ1) is 11.5. The highest BCUT2D eigenvalue weighted by Gasteiger charge is 2.25. The molecule has 0 atom stereocenters. The third kappa shape index (κ3) is 6.46. The molecule has 2 aromatic carbocycles. The van der Waals surface area contributed by atoms with Crippen LogP contribution < -0.4 is 5.32 Å². The number of rotatable bonds is 7. The van der Waals surface area contributed by atoms with Crippen molar-refractivity contribution in [2.45, 2.75) is 25.6 Å². The van der Waals surface area contributed by atoms with Gasteiger partial charge in [0.25, 0.3) is 0 Å². The van der Waals surface area contributed by atoms with Gasteiger partial charge in [-0.2, -0.15) is 13.2 Å². The van der Waals surface area contributed by atoms with Gasteiger partial charge in [-0.1, -0.05) is 42.5 Å². The van der Waals surface area contributed by atoms with Crippen molar-refractivity contribution < 1.29 is 18.3 Å². The molecule has 128 valence electrons. The maximum absolute atomic E-state index is 12.1. The second kappa shape index (κ2) is 8.55. The van der Waals surface area contributed by atoms with Gasteiger partial charge in [0, 0.05) is 18.7 Å². The van der Waals surface area contributed by atoms with Crippen LogP contribution in [-0.4, -0.2) is 17.8 Å². The molecule has 0 fully saturated rings. The molecule has 0 spiro atoms. The summed E-state index contributed by atoms with van der Waals surface area (Å²) in [5, 5.41) is 12.1. The Morgan fingerprint density at radius 3 is 2.33 bits per heavy atom. The second-order valence-electron chi connectivity index (χ2n) is 5.50. The number of nitrogens with one attached hydrogen (secondary N) is 1. The van der Waals surface area contributed by atoms with E-state index in [9.17, 15) is 13.2 Å². The fraction of sp³-hybridized carbons (Fsp3) is 0.263. The summed E-state index contributed by atoms with van der Waals surface area (Å²) in [6.07, 6.45) is -0.904. The molecule has 0 unspecified atom stereocenters. The van der Waals surface area contributed by atoms with E-state index in [1.165, 1.54) is 0 Å². The van der Waals surface area contributed by atoms with E-state index in [0.29, 0.717) is 6.54 Å².